The Balaban J connectivity index is 0.000000112. The fourth-order valence-corrected chi connectivity index (χ4v) is 6.59. The summed E-state index contributed by atoms with van der Waals surface area (Å²) in [6, 6.07) is 25.8. The zero-order valence-corrected chi connectivity index (χ0v) is 29.8. The third-order valence-corrected chi connectivity index (χ3v) is 8.83. The number of pyridine rings is 6. The van der Waals surface area contributed by atoms with Gasteiger partial charge in [-0.25, -0.2) is 0 Å². The van der Waals surface area contributed by atoms with Gasteiger partial charge in [0.05, 0.1) is 55.2 Å². The van der Waals surface area contributed by atoms with Crippen LogP contribution in [0, 0.1) is 0 Å². The van der Waals surface area contributed by atoms with Crippen LogP contribution in [-0.2, 0) is 19.5 Å². The molecule has 11 rings (SSSR count). The Labute approximate surface area is 314 Å². The van der Waals surface area contributed by atoms with Gasteiger partial charge in [0, 0.05) is 126 Å². The van der Waals surface area contributed by atoms with E-state index in [1.54, 1.807) is 62.0 Å². The Morgan fingerprint density at radius 1 is 0.321 bits per heavy atom. The van der Waals surface area contributed by atoms with Crippen LogP contribution in [0.5, 0.6) is 0 Å². The molecule has 1 N–H and O–H groups in total. The molecule has 12 heteroatoms. The molecule has 11 nitrogen and oxygen atoms in total. The van der Waals surface area contributed by atoms with E-state index in [2.05, 4.69) is 73.4 Å². The number of rotatable bonds is 1. The minimum Gasteiger partial charge on any atom is -0.388 e. The van der Waals surface area contributed by atoms with Gasteiger partial charge in [0.25, 0.3) is 0 Å². The van der Waals surface area contributed by atoms with E-state index in [9.17, 15) is 0 Å². The van der Waals surface area contributed by atoms with E-state index in [1.807, 2.05) is 67.7 Å². The maximum absolute atomic E-state index is 4.43. The van der Waals surface area contributed by atoms with Gasteiger partial charge >= 0.3 is 0 Å². The summed E-state index contributed by atoms with van der Waals surface area (Å²) in [6.45, 7) is 0. The summed E-state index contributed by atoms with van der Waals surface area (Å²) in [5.41, 5.74) is 10.00. The molecule has 0 atom stereocenters. The first-order chi connectivity index (χ1) is 25.8. The fourth-order valence-electron chi connectivity index (χ4n) is 6.59. The summed E-state index contributed by atoms with van der Waals surface area (Å²) >= 11 is 0. The number of aromatic nitrogens is 10. The number of anilines is 1. The van der Waals surface area contributed by atoms with E-state index in [1.165, 1.54) is 0 Å². The van der Waals surface area contributed by atoms with Gasteiger partial charge in [-0.05, 0) is 72.8 Å². The molecule has 0 aliphatic carbocycles. The third kappa shape index (κ3) is 5.94. The molecule has 8 aromatic heterocycles. The molecule has 0 amide bonds. The van der Waals surface area contributed by atoms with Gasteiger partial charge < -0.3 is 5.32 Å². The topological polar surface area (TPSA) is 141 Å². The molecule has 3 aromatic carbocycles. The zero-order chi connectivity index (χ0) is 34.9. The zero-order valence-electron chi connectivity index (χ0n) is 28.1. The minimum atomic E-state index is 0. The van der Waals surface area contributed by atoms with Crippen LogP contribution < -0.4 is 5.32 Å². The molecule has 11 aromatic rings. The first-order valence-electron chi connectivity index (χ1n) is 16.5. The Hall–Kier alpha value is -6.78. The van der Waals surface area contributed by atoms with Gasteiger partial charge in [-0.3, -0.25) is 49.8 Å². The molecule has 0 fully saturated rings. The van der Waals surface area contributed by atoms with Crippen molar-refractivity contribution in [2.24, 2.45) is 0 Å². The van der Waals surface area contributed by atoms with Crippen LogP contribution in [0.2, 0.25) is 0 Å². The average Bonchev–Trinajstić information content (AvgIpc) is 3.24. The molecule has 0 saturated heterocycles. The molecule has 0 aliphatic rings. The number of benzene rings is 3. The van der Waals surface area contributed by atoms with Gasteiger partial charge in [0.1, 0.15) is 0 Å². The second-order valence-electron chi connectivity index (χ2n) is 11.8. The van der Waals surface area contributed by atoms with Crippen molar-refractivity contribution in [3.8, 4) is 0 Å². The second-order valence-corrected chi connectivity index (χ2v) is 11.8. The molecular weight excluding hydrogens is 748 g/mol. The van der Waals surface area contributed by atoms with Crippen molar-refractivity contribution >= 4 is 93.2 Å². The Morgan fingerprint density at radius 2 is 0.585 bits per heavy atom. The Kier molecular flexibility index (Phi) is 9.10. The number of hydrogen-bond donors (Lipinski definition) is 1. The predicted molar refractivity (Wildman–Crippen MR) is 207 cm³/mol. The molecule has 0 aliphatic heterocycles. The summed E-state index contributed by atoms with van der Waals surface area (Å²) in [4.78, 5) is 44.2. The maximum atomic E-state index is 4.43. The van der Waals surface area contributed by atoms with E-state index in [4.69, 9.17) is 0 Å². The summed E-state index contributed by atoms with van der Waals surface area (Å²) in [5.74, 6) is 0. The molecule has 0 unspecified atom stereocenters. The van der Waals surface area contributed by atoms with Crippen molar-refractivity contribution in [1.29, 1.82) is 0 Å². The van der Waals surface area contributed by atoms with Gasteiger partial charge in [-0.1, -0.05) is 6.07 Å². The van der Waals surface area contributed by atoms with Crippen LogP contribution in [-0.4, -0.2) is 56.9 Å². The van der Waals surface area contributed by atoms with Crippen LogP contribution in [0.15, 0.2) is 141 Å². The number of fused-ring (bicyclic) bond motifs is 15. The normalized spacial score (nSPS) is 11.0. The van der Waals surface area contributed by atoms with Gasteiger partial charge in [-0.2, -0.15) is 0 Å². The van der Waals surface area contributed by atoms with E-state index < -0.39 is 0 Å². The summed E-state index contributed by atoms with van der Waals surface area (Å²) in [7, 11) is 1.92. The predicted octanol–water partition coefficient (Wildman–Crippen LogP) is 8.27. The quantitative estimate of drug-likeness (QED) is 0.127. The molecule has 0 radical (unpaired) electrons. The Bertz CT molecular complexity index is 2510. The number of nitrogens with zero attached hydrogens (tertiary/aromatic N) is 10. The summed E-state index contributed by atoms with van der Waals surface area (Å²) < 4.78 is 0. The molecule has 0 spiro atoms. The van der Waals surface area contributed by atoms with Crippen LogP contribution >= 0.6 is 0 Å². The van der Waals surface area contributed by atoms with E-state index in [0.717, 1.165) is 93.2 Å². The molecule has 0 saturated carbocycles. The Morgan fingerprint density at radius 3 is 0.925 bits per heavy atom. The average molecular weight is 775 g/mol. The molecule has 0 bridgehead atoms. The van der Waals surface area contributed by atoms with Crippen LogP contribution in [0.25, 0.3) is 87.5 Å². The summed E-state index contributed by atoms with van der Waals surface area (Å²) in [6.07, 6.45) is 17.5. The smallest absolute Gasteiger partial charge is 0.0988 e. The van der Waals surface area contributed by atoms with Crippen molar-refractivity contribution in [2.75, 3.05) is 12.4 Å². The van der Waals surface area contributed by atoms with Gasteiger partial charge in [0.15, 0.2) is 0 Å². The van der Waals surface area contributed by atoms with Crippen LogP contribution in [0.1, 0.15) is 0 Å². The van der Waals surface area contributed by atoms with E-state index in [0.29, 0.717) is 0 Å². The van der Waals surface area contributed by atoms with E-state index >= 15 is 0 Å². The molecule has 254 valence electrons. The number of nitrogens with one attached hydrogen (secondary N) is 1. The third-order valence-electron chi connectivity index (χ3n) is 8.83. The number of hydrogen-bond acceptors (Lipinski definition) is 11. The molecular formula is C41H27N11Ru. The van der Waals surface area contributed by atoms with Crippen molar-refractivity contribution in [3.63, 3.8) is 0 Å². The van der Waals surface area contributed by atoms with E-state index in [-0.39, 0.29) is 19.5 Å². The monoisotopic (exact) mass is 775 g/mol. The van der Waals surface area contributed by atoms with Crippen molar-refractivity contribution < 1.29 is 19.5 Å². The van der Waals surface area contributed by atoms with Crippen molar-refractivity contribution in [3.05, 3.63) is 141 Å². The first kappa shape index (κ1) is 33.4. The largest absolute Gasteiger partial charge is 0.388 e. The van der Waals surface area contributed by atoms with Gasteiger partial charge in [-0.15, -0.1) is 0 Å². The standard InChI is InChI=1S/2C14H8N4.C13H11N3.Ru/c2*1-3-9-11(15-5-1)12-10(4-2-6-16-12)14-13(9)17-7-8-18-14;1-14-11-8-9-4-2-6-15-12(9)13-10(11)5-3-7-16-13;/h2*1-8H;2-8,14H,1H3;. The first-order valence-corrected chi connectivity index (χ1v) is 16.5. The fraction of sp³-hybridized carbons (Fsp3) is 0.0244. The van der Waals surface area contributed by atoms with Crippen molar-refractivity contribution in [2.45, 2.75) is 0 Å². The SMILES string of the molecule is CNc1cc2cccnc2c2ncccc12.[Ru].c1cnc2c(c1)c1nccnc1c1cccnc12.c1cnc2c(c1)c1nccnc1c1cccnc12. The van der Waals surface area contributed by atoms with Gasteiger partial charge in [0.2, 0.25) is 0 Å². The second kappa shape index (κ2) is 14.5. The van der Waals surface area contributed by atoms with Crippen molar-refractivity contribution in [1.82, 2.24) is 49.8 Å². The van der Waals surface area contributed by atoms with Crippen LogP contribution in [0.4, 0.5) is 5.69 Å². The molecule has 8 heterocycles. The maximum Gasteiger partial charge on any atom is 0.0988 e. The summed E-state index contributed by atoms with van der Waals surface area (Å²) in [5, 5.41) is 9.38. The van der Waals surface area contributed by atoms with Crippen LogP contribution in [0.3, 0.4) is 0 Å². The molecule has 53 heavy (non-hydrogen) atoms. The minimum absolute atomic E-state index is 0.